The Labute approximate surface area is 123 Å². The summed E-state index contributed by atoms with van der Waals surface area (Å²) in [7, 11) is 0. The number of rotatable bonds is 2. The highest BCUT2D eigenvalue weighted by Crippen LogP contribution is 2.30. The van der Waals surface area contributed by atoms with E-state index in [2.05, 4.69) is 5.32 Å². The van der Waals surface area contributed by atoms with Crippen LogP contribution in [0.2, 0.25) is 10.0 Å². The Balaban J connectivity index is 2.34. The molecular formula is C12H7Cl2N3OS. The average Bonchev–Trinajstić information content (AvgIpc) is 2.80. The van der Waals surface area contributed by atoms with Gasteiger partial charge < -0.3 is 11.1 Å². The standard InChI is InChI=1S/C12H7Cl2N3OS/c13-9-4-7(16)3-8(10(9)14)11(18)17-12-6(5-15)1-2-19-12/h1-4H,16H2,(H,17,18). The molecule has 0 spiro atoms. The Morgan fingerprint density at radius 1 is 1.42 bits per heavy atom. The number of nitriles is 1. The Hall–Kier alpha value is -1.74. The number of amides is 1. The molecule has 3 N–H and O–H groups in total. The molecule has 7 heteroatoms. The van der Waals surface area contributed by atoms with Crippen LogP contribution in [0.15, 0.2) is 23.6 Å². The molecule has 1 amide bonds. The van der Waals surface area contributed by atoms with Gasteiger partial charge in [0.05, 0.1) is 21.2 Å². The van der Waals surface area contributed by atoms with E-state index in [1.54, 1.807) is 11.4 Å². The summed E-state index contributed by atoms with van der Waals surface area (Å²) in [6.07, 6.45) is 0. The lowest BCUT2D eigenvalue weighted by molar-refractivity contribution is 0.102. The number of nitrogens with one attached hydrogen (secondary N) is 1. The van der Waals surface area contributed by atoms with Crippen LogP contribution in [0.1, 0.15) is 15.9 Å². The van der Waals surface area contributed by atoms with Gasteiger partial charge >= 0.3 is 0 Å². The van der Waals surface area contributed by atoms with Crippen molar-refractivity contribution >= 4 is 51.1 Å². The van der Waals surface area contributed by atoms with Crippen molar-refractivity contribution in [3.63, 3.8) is 0 Å². The van der Waals surface area contributed by atoms with Crippen LogP contribution in [0.25, 0.3) is 0 Å². The predicted octanol–water partition coefficient (Wildman–Crippen LogP) is 3.76. The maximum atomic E-state index is 12.1. The van der Waals surface area contributed by atoms with Gasteiger partial charge in [-0.15, -0.1) is 11.3 Å². The molecule has 0 saturated carbocycles. The number of thiophene rings is 1. The number of benzene rings is 1. The minimum atomic E-state index is -0.460. The molecule has 1 aromatic heterocycles. The van der Waals surface area contributed by atoms with Gasteiger partial charge in [0.15, 0.2) is 0 Å². The van der Waals surface area contributed by atoms with Crippen molar-refractivity contribution in [1.29, 1.82) is 5.26 Å². The van der Waals surface area contributed by atoms with Gasteiger partial charge in [-0.25, -0.2) is 0 Å². The highest BCUT2D eigenvalue weighted by molar-refractivity contribution is 7.14. The number of nitrogens with zero attached hydrogens (tertiary/aromatic N) is 1. The molecule has 0 bridgehead atoms. The molecule has 1 aromatic carbocycles. The zero-order valence-corrected chi connectivity index (χ0v) is 11.7. The molecule has 0 aliphatic heterocycles. The van der Waals surface area contributed by atoms with Crippen LogP contribution in [0, 0.1) is 11.3 Å². The van der Waals surface area contributed by atoms with Crippen LogP contribution in [-0.4, -0.2) is 5.91 Å². The zero-order valence-electron chi connectivity index (χ0n) is 9.41. The second kappa shape index (κ2) is 5.49. The summed E-state index contributed by atoms with van der Waals surface area (Å²) in [6, 6.07) is 6.50. The van der Waals surface area contributed by atoms with Gasteiger partial charge in [0.2, 0.25) is 0 Å². The summed E-state index contributed by atoms with van der Waals surface area (Å²) >= 11 is 13.1. The van der Waals surface area contributed by atoms with E-state index in [4.69, 9.17) is 34.2 Å². The van der Waals surface area contributed by atoms with Crippen molar-refractivity contribution in [2.45, 2.75) is 0 Å². The first-order valence-corrected chi connectivity index (χ1v) is 6.70. The zero-order chi connectivity index (χ0) is 14.0. The van der Waals surface area contributed by atoms with Crippen molar-refractivity contribution < 1.29 is 4.79 Å². The number of nitrogen functional groups attached to an aromatic ring is 1. The summed E-state index contributed by atoms with van der Waals surface area (Å²) in [5, 5.41) is 14.0. The average molecular weight is 312 g/mol. The lowest BCUT2D eigenvalue weighted by Gasteiger charge is -2.07. The molecule has 0 aliphatic rings. The number of anilines is 2. The predicted molar refractivity (Wildman–Crippen MR) is 77.9 cm³/mol. The fraction of sp³-hybridized carbons (Fsp3) is 0. The van der Waals surface area contributed by atoms with Crippen molar-refractivity contribution in [2.24, 2.45) is 0 Å². The molecule has 4 nitrogen and oxygen atoms in total. The van der Waals surface area contributed by atoms with Gasteiger partial charge in [-0.1, -0.05) is 23.2 Å². The van der Waals surface area contributed by atoms with Crippen molar-refractivity contribution in [3.05, 3.63) is 44.8 Å². The van der Waals surface area contributed by atoms with E-state index in [9.17, 15) is 4.79 Å². The second-order valence-corrected chi connectivity index (χ2v) is 5.29. The lowest BCUT2D eigenvalue weighted by Crippen LogP contribution is -2.13. The molecule has 0 atom stereocenters. The molecule has 2 rings (SSSR count). The third-order valence-electron chi connectivity index (χ3n) is 2.31. The molecule has 2 aromatic rings. The smallest absolute Gasteiger partial charge is 0.257 e. The molecule has 19 heavy (non-hydrogen) atoms. The number of carbonyl (C=O) groups is 1. The van der Waals surface area contributed by atoms with E-state index < -0.39 is 5.91 Å². The highest BCUT2D eigenvalue weighted by Gasteiger charge is 2.16. The minimum absolute atomic E-state index is 0.128. The van der Waals surface area contributed by atoms with Gasteiger partial charge in [0.1, 0.15) is 11.1 Å². The van der Waals surface area contributed by atoms with E-state index in [-0.39, 0.29) is 15.6 Å². The third kappa shape index (κ3) is 2.82. The second-order valence-electron chi connectivity index (χ2n) is 3.59. The molecule has 1 heterocycles. The maximum Gasteiger partial charge on any atom is 0.257 e. The van der Waals surface area contributed by atoms with Crippen LogP contribution in [0.4, 0.5) is 10.7 Å². The monoisotopic (exact) mass is 311 g/mol. The molecule has 96 valence electrons. The number of halogens is 2. The summed E-state index contributed by atoms with van der Waals surface area (Å²) in [6.45, 7) is 0. The number of carbonyl (C=O) groups excluding carboxylic acids is 1. The quantitative estimate of drug-likeness (QED) is 0.829. The maximum absolute atomic E-state index is 12.1. The lowest BCUT2D eigenvalue weighted by atomic mass is 10.2. The van der Waals surface area contributed by atoms with Crippen LogP contribution in [0.3, 0.4) is 0 Å². The summed E-state index contributed by atoms with van der Waals surface area (Å²) in [5.41, 5.74) is 6.53. The molecular weight excluding hydrogens is 305 g/mol. The first-order chi connectivity index (χ1) is 9.02. The largest absolute Gasteiger partial charge is 0.399 e. The molecule has 0 fully saturated rings. The number of hydrogen-bond donors (Lipinski definition) is 2. The van der Waals surface area contributed by atoms with E-state index in [0.717, 1.165) is 0 Å². The van der Waals surface area contributed by atoms with Crippen molar-refractivity contribution in [3.8, 4) is 6.07 Å². The van der Waals surface area contributed by atoms with Gasteiger partial charge in [-0.05, 0) is 23.6 Å². The first-order valence-electron chi connectivity index (χ1n) is 5.06. The van der Waals surface area contributed by atoms with Crippen molar-refractivity contribution in [1.82, 2.24) is 0 Å². The van der Waals surface area contributed by atoms with E-state index in [1.165, 1.54) is 23.5 Å². The molecule has 0 radical (unpaired) electrons. The fourth-order valence-electron chi connectivity index (χ4n) is 1.44. The molecule has 0 unspecified atom stereocenters. The Morgan fingerprint density at radius 3 is 2.84 bits per heavy atom. The van der Waals surface area contributed by atoms with Crippen LogP contribution >= 0.6 is 34.5 Å². The molecule has 0 aliphatic carbocycles. The highest BCUT2D eigenvalue weighted by atomic mass is 35.5. The fourth-order valence-corrected chi connectivity index (χ4v) is 2.60. The van der Waals surface area contributed by atoms with Crippen LogP contribution in [-0.2, 0) is 0 Å². The number of nitrogens with two attached hydrogens (primary N) is 1. The Morgan fingerprint density at radius 2 is 2.16 bits per heavy atom. The van der Waals surface area contributed by atoms with Crippen LogP contribution in [0.5, 0.6) is 0 Å². The SMILES string of the molecule is N#Cc1ccsc1NC(=O)c1cc(N)cc(Cl)c1Cl. The number of hydrogen-bond acceptors (Lipinski definition) is 4. The third-order valence-corrected chi connectivity index (χ3v) is 3.94. The summed E-state index contributed by atoms with van der Waals surface area (Å²) in [5.74, 6) is -0.460. The summed E-state index contributed by atoms with van der Waals surface area (Å²) < 4.78 is 0. The normalized spacial score (nSPS) is 9.95. The minimum Gasteiger partial charge on any atom is -0.399 e. The van der Waals surface area contributed by atoms with Gasteiger partial charge in [0.25, 0.3) is 5.91 Å². The Kier molecular flexibility index (Phi) is 3.96. The van der Waals surface area contributed by atoms with Gasteiger partial charge in [-0.3, -0.25) is 4.79 Å². The van der Waals surface area contributed by atoms with E-state index >= 15 is 0 Å². The summed E-state index contributed by atoms with van der Waals surface area (Å²) in [4.78, 5) is 12.1. The van der Waals surface area contributed by atoms with E-state index in [1.807, 2.05) is 6.07 Å². The first kappa shape index (κ1) is 13.7. The van der Waals surface area contributed by atoms with E-state index in [0.29, 0.717) is 16.3 Å². The van der Waals surface area contributed by atoms with Crippen molar-refractivity contribution in [2.75, 3.05) is 11.1 Å². The van der Waals surface area contributed by atoms with Gasteiger partial charge in [-0.2, -0.15) is 5.26 Å². The van der Waals surface area contributed by atoms with Crippen LogP contribution < -0.4 is 11.1 Å². The Bertz CT molecular complexity index is 691. The van der Waals surface area contributed by atoms with Gasteiger partial charge in [0, 0.05) is 5.69 Å². The topological polar surface area (TPSA) is 78.9 Å². The molecule has 0 saturated heterocycles.